The Morgan fingerprint density at radius 1 is 1.10 bits per heavy atom. The molecule has 2 rings (SSSR count). The van der Waals surface area contributed by atoms with Crippen molar-refractivity contribution in [3.8, 4) is 0 Å². The first-order valence-electron chi connectivity index (χ1n) is 7.06. The van der Waals surface area contributed by atoms with Gasteiger partial charge in [0, 0.05) is 11.9 Å². The predicted molar refractivity (Wildman–Crippen MR) is 89.3 cm³/mol. The van der Waals surface area contributed by atoms with Crippen molar-refractivity contribution >= 4 is 34.4 Å². The summed E-state index contributed by atoms with van der Waals surface area (Å²) in [5, 5.41) is 4.41. The third kappa shape index (κ3) is 4.27. The molecule has 0 aliphatic heterocycles. The van der Waals surface area contributed by atoms with E-state index in [1.807, 2.05) is 36.0 Å². The van der Waals surface area contributed by atoms with Crippen LogP contribution in [0.5, 0.6) is 0 Å². The van der Waals surface area contributed by atoms with Gasteiger partial charge < -0.3 is 11.1 Å². The van der Waals surface area contributed by atoms with Gasteiger partial charge in [-0.2, -0.15) is 16.7 Å². The summed E-state index contributed by atoms with van der Waals surface area (Å²) in [6, 6.07) is 7.94. The van der Waals surface area contributed by atoms with E-state index in [0.717, 1.165) is 29.7 Å². The largest absolute Gasteiger partial charge is 0.369 e. The topological polar surface area (TPSA) is 63.8 Å². The van der Waals surface area contributed by atoms with Gasteiger partial charge in [-0.05, 0) is 37.0 Å². The highest BCUT2D eigenvalue weighted by atomic mass is 32.2. The first-order valence-corrected chi connectivity index (χ1v) is 8.45. The second-order valence-corrected chi connectivity index (χ2v) is 5.77. The van der Waals surface area contributed by atoms with E-state index in [9.17, 15) is 0 Å². The number of nitrogens with two attached hydrogens (primary N) is 1. The molecule has 1 heterocycles. The molecular formula is C15H22N4S. The lowest BCUT2D eigenvalue weighted by atomic mass is 10.2. The maximum absolute atomic E-state index is 5.75. The second-order valence-electron chi connectivity index (χ2n) is 4.78. The zero-order valence-corrected chi connectivity index (χ0v) is 12.7. The zero-order valence-electron chi connectivity index (χ0n) is 11.9. The summed E-state index contributed by atoms with van der Waals surface area (Å²) < 4.78 is 0. The van der Waals surface area contributed by atoms with Crippen molar-refractivity contribution < 1.29 is 0 Å². The number of thioether (sulfide) groups is 1. The van der Waals surface area contributed by atoms with Crippen molar-refractivity contribution in [3.05, 3.63) is 24.3 Å². The lowest BCUT2D eigenvalue weighted by Gasteiger charge is -2.09. The molecule has 0 amide bonds. The number of fused-ring (bicyclic) bond motifs is 1. The molecule has 0 aliphatic rings. The van der Waals surface area contributed by atoms with Crippen LogP contribution in [0, 0.1) is 0 Å². The van der Waals surface area contributed by atoms with E-state index in [2.05, 4.69) is 21.5 Å². The fraction of sp³-hybridized carbons (Fsp3) is 0.467. The summed E-state index contributed by atoms with van der Waals surface area (Å²) in [7, 11) is 0. The minimum atomic E-state index is 0.325. The molecule has 108 valence electrons. The molecule has 0 bridgehead atoms. The summed E-state index contributed by atoms with van der Waals surface area (Å²) in [6.45, 7) is 0.930. The highest BCUT2D eigenvalue weighted by Crippen LogP contribution is 2.20. The molecule has 0 aliphatic carbocycles. The summed E-state index contributed by atoms with van der Waals surface area (Å²) in [4.78, 5) is 8.54. The average molecular weight is 290 g/mol. The molecule has 0 unspecified atom stereocenters. The van der Waals surface area contributed by atoms with Gasteiger partial charge in [-0.3, -0.25) is 0 Å². The summed E-state index contributed by atoms with van der Waals surface area (Å²) in [5.74, 6) is 2.43. The average Bonchev–Trinajstić information content (AvgIpc) is 2.46. The van der Waals surface area contributed by atoms with Gasteiger partial charge in [-0.25, -0.2) is 4.98 Å². The number of anilines is 2. The first kappa shape index (κ1) is 14.9. The van der Waals surface area contributed by atoms with Crippen molar-refractivity contribution in [3.63, 3.8) is 0 Å². The van der Waals surface area contributed by atoms with Crippen molar-refractivity contribution in [2.45, 2.75) is 25.7 Å². The number of para-hydroxylation sites is 1. The fourth-order valence-corrected chi connectivity index (χ4v) is 2.65. The Morgan fingerprint density at radius 3 is 2.75 bits per heavy atom. The second kappa shape index (κ2) is 7.94. The number of aromatic nitrogens is 2. The number of hydrogen-bond acceptors (Lipinski definition) is 5. The first-order chi connectivity index (χ1) is 9.81. The molecule has 3 N–H and O–H groups in total. The highest BCUT2D eigenvalue weighted by molar-refractivity contribution is 7.98. The highest BCUT2D eigenvalue weighted by Gasteiger charge is 2.04. The van der Waals surface area contributed by atoms with E-state index in [1.54, 1.807) is 0 Å². The molecule has 5 heteroatoms. The number of unbranched alkanes of at least 4 members (excludes halogenated alkanes) is 3. The van der Waals surface area contributed by atoms with Crippen molar-refractivity contribution in [2.75, 3.05) is 29.6 Å². The molecule has 1 aromatic carbocycles. The molecule has 1 aromatic heterocycles. The summed E-state index contributed by atoms with van der Waals surface area (Å²) in [6.07, 6.45) is 7.19. The standard InChI is InChI=1S/C15H22N4S/c1-20-11-7-3-2-6-10-17-14-12-8-4-5-9-13(12)18-15(16)19-14/h4-5,8-9H,2-3,6-7,10-11H2,1H3,(H3,16,17,18,19). The normalized spacial score (nSPS) is 10.8. The molecule has 0 spiro atoms. The Bertz CT molecular complexity index is 544. The molecule has 2 aromatic rings. The monoisotopic (exact) mass is 290 g/mol. The van der Waals surface area contributed by atoms with Crippen LogP contribution in [0.15, 0.2) is 24.3 Å². The Balaban J connectivity index is 1.86. The van der Waals surface area contributed by atoms with Crippen LogP contribution in [-0.2, 0) is 0 Å². The van der Waals surface area contributed by atoms with Crippen molar-refractivity contribution in [2.24, 2.45) is 0 Å². The van der Waals surface area contributed by atoms with E-state index in [0.29, 0.717) is 5.95 Å². The molecule has 0 saturated carbocycles. The Kier molecular flexibility index (Phi) is 5.92. The maximum Gasteiger partial charge on any atom is 0.222 e. The summed E-state index contributed by atoms with van der Waals surface area (Å²) >= 11 is 1.92. The van der Waals surface area contributed by atoms with Gasteiger partial charge in [-0.15, -0.1) is 0 Å². The lowest BCUT2D eigenvalue weighted by Crippen LogP contribution is -2.06. The van der Waals surface area contributed by atoms with Crippen LogP contribution >= 0.6 is 11.8 Å². The van der Waals surface area contributed by atoms with Crippen LogP contribution < -0.4 is 11.1 Å². The van der Waals surface area contributed by atoms with E-state index in [-0.39, 0.29) is 0 Å². The molecule has 4 nitrogen and oxygen atoms in total. The molecule has 0 saturated heterocycles. The number of nitrogens with one attached hydrogen (secondary N) is 1. The minimum absolute atomic E-state index is 0.325. The molecule has 0 fully saturated rings. The van der Waals surface area contributed by atoms with Crippen LogP contribution in [0.25, 0.3) is 10.9 Å². The van der Waals surface area contributed by atoms with E-state index < -0.39 is 0 Å². The zero-order chi connectivity index (χ0) is 14.2. The van der Waals surface area contributed by atoms with Gasteiger partial charge in [0.25, 0.3) is 0 Å². The Labute approximate surface area is 124 Å². The number of rotatable bonds is 8. The SMILES string of the molecule is CSCCCCCCNc1nc(N)nc2ccccc12. The van der Waals surface area contributed by atoms with Crippen LogP contribution in [0.2, 0.25) is 0 Å². The van der Waals surface area contributed by atoms with Crippen molar-refractivity contribution in [1.82, 2.24) is 9.97 Å². The fourth-order valence-electron chi connectivity index (χ4n) is 2.16. The van der Waals surface area contributed by atoms with Crippen LogP contribution in [0.4, 0.5) is 11.8 Å². The number of nitrogens with zero attached hydrogens (tertiary/aromatic N) is 2. The minimum Gasteiger partial charge on any atom is -0.369 e. The van der Waals surface area contributed by atoms with Gasteiger partial charge in [0.2, 0.25) is 5.95 Å². The van der Waals surface area contributed by atoms with E-state index in [4.69, 9.17) is 5.73 Å². The van der Waals surface area contributed by atoms with E-state index in [1.165, 1.54) is 25.0 Å². The van der Waals surface area contributed by atoms with Gasteiger partial charge in [0.15, 0.2) is 0 Å². The van der Waals surface area contributed by atoms with Gasteiger partial charge >= 0.3 is 0 Å². The molecule has 20 heavy (non-hydrogen) atoms. The van der Waals surface area contributed by atoms with Gasteiger partial charge in [0.1, 0.15) is 5.82 Å². The number of benzene rings is 1. The van der Waals surface area contributed by atoms with E-state index >= 15 is 0 Å². The third-order valence-electron chi connectivity index (χ3n) is 3.19. The smallest absolute Gasteiger partial charge is 0.222 e. The predicted octanol–water partition coefficient (Wildman–Crippen LogP) is 3.55. The van der Waals surface area contributed by atoms with Crippen LogP contribution in [0.3, 0.4) is 0 Å². The molecule has 0 radical (unpaired) electrons. The Hall–Kier alpha value is -1.49. The number of hydrogen-bond donors (Lipinski definition) is 2. The van der Waals surface area contributed by atoms with Gasteiger partial charge in [-0.1, -0.05) is 25.0 Å². The van der Waals surface area contributed by atoms with Crippen molar-refractivity contribution in [1.29, 1.82) is 0 Å². The number of nitrogen functional groups attached to an aromatic ring is 1. The van der Waals surface area contributed by atoms with Crippen LogP contribution in [-0.4, -0.2) is 28.5 Å². The third-order valence-corrected chi connectivity index (χ3v) is 3.89. The molecular weight excluding hydrogens is 268 g/mol. The molecule has 0 atom stereocenters. The quantitative estimate of drug-likeness (QED) is 0.728. The van der Waals surface area contributed by atoms with Crippen LogP contribution in [0.1, 0.15) is 25.7 Å². The lowest BCUT2D eigenvalue weighted by molar-refractivity contribution is 0.688. The van der Waals surface area contributed by atoms with Gasteiger partial charge in [0.05, 0.1) is 5.52 Å². The maximum atomic E-state index is 5.75. The Morgan fingerprint density at radius 2 is 1.90 bits per heavy atom. The summed E-state index contributed by atoms with van der Waals surface area (Å²) in [5.41, 5.74) is 6.64.